The maximum absolute atomic E-state index is 10.0. The van der Waals surface area contributed by atoms with E-state index in [-0.39, 0.29) is 0 Å². The monoisotopic (exact) mass is 242 g/mol. The van der Waals surface area contributed by atoms with Crippen LogP contribution in [0.25, 0.3) is 0 Å². The number of aryl methyl sites for hydroxylation is 3. The largest absolute Gasteiger partial charge is 0.390 e. The van der Waals surface area contributed by atoms with Crippen molar-refractivity contribution >= 4 is 11.6 Å². The normalized spacial score (nSPS) is 14.9. The zero-order valence-electron chi connectivity index (χ0n) is 10.00. The van der Waals surface area contributed by atoms with Crippen LogP contribution < -0.4 is 0 Å². The lowest BCUT2D eigenvalue weighted by atomic mass is 9.94. The lowest BCUT2D eigenvalue weighted by molar-refractivity contribution is 0.0166. The minimum Gasteiger partial charge on any atom is -0.390 e. The molecule has 0 bridgehead atoms. The lowest BCUT2D eigenvalue weighted by Crippen LogP contribution is -2.19. The minimum atomic E-state index is -0.849. The van der Waals surface area contributed by atoms with E-state index < -0.39 is 12.2 Å². The van der Waals surface area contributed by atoms with Gasteiger partial charge in [-0.05, 0) is 49.4 Å². The Hall–Kier alpha value is -0.570. The molecule has 2 N–H and O–H groups in total. The predicted octanol–water partition coefficient (Wildman–Crippen LogP) is 2.64. The molecule has 1 rings (SSSR count). The van der Waals surface area contributed by atoms with Crippen LogP contribution in [0.2, 0.25) is 0 Å². The maximum Gasteiger partial charge on any atom is 0.105 e. The molecule has 2 atom stereocenters. The molecule has 3 heteroatoms. The molecule has 0 saturated heterocycles. The van der Waals surface area contributed by atoms with Crippen LogP contribution in [0.1, 0.15) is 34.8 Å². The molecule has 2 unspecified atom stereocenters. The van der Waals surface area contributed by atoms with E-state index in [0.29, 0.717) is 12.3 Å². The van der Waals surface area contributed by atoms with Crippen molar-refractivity contribution in [3.63, 3.8) is 0 Å². The van der Waals surface area contributed by atoms with Crippen LogP contribution >= 0.6 is 11.6 Å². The van der Waals surface area contributed by atoms with Gasteiger partial charge in [-0.2, -0.15) is 0 Å². The fourth-order valence-electron chi connectivity index (χ4n) is 1.78. The molecule has 1 aromatic rings. The van der Waals surface area contributed by atoms with Crippen LogP contribution in [0.15, 0.2) is 12.1 Å². The Bertz CT molecular complexity index is 363. The minimum absolute atomic E-state index is 0.349. The Morgan fingerprint density at radius 1 is 1.06 bits per heavy atom. The van der Waals surface area contributed by atoms with Gasteiger partial charge in [0.05, 0.1) is 6.10 Å². The van der Waals surface area contributed by atoms with Crippen LogP contribution in [0.4, 0.5) is 0 Å². The van der Waals surface area contributed by atoms with Crippen molar-refractivity contribution in [1.29, 1.82) is 0 Å². The van der Waals surface area contributed by atoms with Gasteiger partial charge in [-0.15, -0.1) is 11.6 Å². The van der Waals surface area contributed by atoms with E-state index in [1.54, 1.807) is 0 Å². The van der Waals surface area contributed by atoms with Gasteiger partial charge < -0.3 is 10.2 Å². The van der Waals surface area contributed by atoms with E-state index >= 15 is 0 Å². The van der Waals surface area contributed by atoms with Gasteiger partial charge in [-0.3, -0.25) is 0 Å². The van der Waals surface area contributed by atoms with Crippen LogP contribution in [-0.4, -0.2) is 22.2 Å². The fraction of sp³-hybridized carbons (Fsp3) is 0.538. The third kappa shape index (κ3) is 2.97. The zero-order chi connectivity index (χ0) is 12.3. The lowest BCUT2D eigenvalue weighted by Gasteiger charge is -2.20. The molecule has 0 heterocycles. The summed E-state index contributed by atoms with van der Waals surface area (Å²) in [5.74, 6) is 0.349. The molecule has 0 saturated carbocycles. The van der Waals surface area contributed by atoms with Gasteiger partial charge in [0, 0.05) is 5.88 Å². The molecular formula is C13H19ClO2. The average molecular weight is 243 g/mol. The molecule has 0 aromatic heterocycles. The van der Waals surface area contributed by atoms with Crippen LogP contribution in [0, 0.1) is 20.8 Å². The van der Waals surface area contributed by atoms with Gasteiger partial charge >= 0.3 is 0 Å². The molecule has 0 aliphatic heterocycles. The molecule has 2 nitrogen and oxygen atoms in total. The number of halogens is 1. The Labute approximate surface area is 102 Å². The summed E-state index contributed by atoms with van der Waals surface area (Å²) in [6.07, 6.45) is -1.24. The SMILES string of the molecule is Cc1cc(C)c(C(O)C(O)CCCl)cc1C. The molecule has 0 aliphatic rings. The van der Waals surface area contributed by atoms with Crippen molar-refractivity contribution in [3.8, 4) is 0 Å². The standard InChI is InChI=1S/C13H19ClO2/c1-8-6-10(3)11(7-9(8)2)13(16)12(15)4-5-14/h6-7,12-13,15-16H,4-5H2,1-3H3. The number of rotatable bonds is 4. The second kappa shape index (κ2) is 5.67. The van der Waals surface area contributed by atoms with E-state index in [4.69, 9.17) is 11.6 Å². The number of aliphatic hydroxyl groups is 2. The van der Waals surface area contributed by atoms with E-state index in [1.165, 1.54) is 5.56 Å². The van der Waals surface area contributed by atoms with Crippen LogP contribution in [0.5, 0.6) is 0 Å². The highest BCUT2D eigenvalue weighted by atomic mass is 35.5. The highest BCUT2D eigenvalue weighted by Crippen LogP contribution is 2.25. The Balaban J connectivity index is 2.99. The second-order valence-electron chi connectivity index (χ2n) is 4.28. The highest BCUT2D eigenvalue weighted by Gasteiger charge is 2.19. The van der Waals surface area contributed by atoms with E-state index in [9.17, 15) is 10.2 Å². The summed E-state index contributed by atoms with van der Waals surface area (Å²) in [4.78, 5) is 0. The number of alkyl halides is 1. The van der Waals surface area contributed by atoms with E-state index in [0.717, 1.165) is 16.7 Å². The van der Waals surface area contributed by atoms with Crippen molar-refractivity contribution < 1.29 is 10.2 Å². The summed E-state index contributed by atoms with van der Waals surface area (Å²) in [6.45, 7) is 5.98. The quantitative estimate of drug-likeness (QED) is 0.797. The summed E-state index contributed by atoms with van der Waals surface area (Å²) >= 11 is 5.55. The Kier molecular flexibility index (Phi) is 4.78. The molecule has 0 amide bonds. The predicted molar refractivity (Wildman–Crippen MR) is 67.0 cm³/mol. The number of aliphatic hydroxyl groups excluding tert-OH is 2. The van der Waals surface area contributed by atoms with Gasteiger partial charge in [-0.1, -0.05) is 12.1 Å². The molecule has 0 aliphatic carbocycles. The van der Waals surface area contributed by atoms with Crippen LogP contribution in [0.3, 0.4) is 0 Å². The van der Waals surface area contributed by atoms with E-state index in [1.807, 2.05) is 32.9 Å². The maximum atomic E-state index is 10.0. The number of hydrogen-bond acceptors (Lipinski definition) is 2. The summed E-state index contributed by atoms with van der Waals surface area (Å²) in [6, 6.07) is 3.97. The van der Waals surface area contributed by atoms with E-state index in [2.05, 4.69) is 0 Å². The Morgan fingerprint density at radius 3 is 2.19 bits per heavy atom. The third-order valence-electron chi connectivity index (χ3n) is 2.97. The first kappa shape index (κ1) is 13.5. The molecular weight excluding hydrogens is 224 g/mol. The molecule has 0 spiro atoms. The molecule has 90 valence electrons. The molecule has 0 fully saturated rings. The van der Waals surface area contributed by atoms with Crippen molar-refractivity contribution in [2.45, 2.75) is 39.4 Å². The van der Waals surface area contributed by atoms with Gasteiger partial charge in [-0.25, -0.2) is 0 Å². The summed E-state index contributed by atoms with van der Waals surface area (Å²) < 4.78 is 0. The molecule has 16 heavy (non-hydrogen) atoms. The average Bonchev–Trinajstić information content (AvgIpc) is 2.23. The summed E-state index contributed by atoms with van der Waals surface area (Å²) in [5.41, 5.74) is 4.11. The second-order valence-corrected chi connectivity index (χ2v) is 4.66. The summed E-state index contributed by atoms with van der Waals surface area (Å²) in [7, 11) is 0. The molecule has 1 aromatic carbocycles. The fourth-order valence-corrected chi connectivity index (χ4v) is 2.00. The third-order valence-corrected chi connectivity index (χ3v) is 3.19. The Morgan fingerprint density at radius 2 is 1.62 bits per heavy atom. The van der Waals surface area contributed by atoms with Gasteiger partial charge in [0.2, 0.25) is 0 Å². The number of benzene rings is 1. The first-order chi connectivity index (χ1) is 7.47. The first-order valence-electron chi connectivity index (χ1n) is 5.47. The van der Waals surface area contributed by atoms with Gasteiger partial charge in [0.1, 0.15) is 6.10 Å². The van der Waals surface area contributed by atoms with Gasteiger partial charge in [0.15, 0.2) is 0 Å². The molecule has 0 radical (unpaired) electrons. The van der Waals surface area contributed by atoms with Crippen molar-refractivity contribution in [2.24, 2.45) is 0 Å². The van der Waals surface area contributed by atoms with Gasteiger partial charge in [0.25, 0.3) is 0 Å². The van der Waals surface area contributed by atoms with Crippen molar-refractivity contribution in [3.05, 3.63) is 34.4 Å². The smallest absolute Gasteiger partial charge is 0.105 e. The zero-order valence-corrected chi connectivity index (χ0v) is 10.8. The first-order valence-corrected chi connectivity index (χ1v) is 6.00. The van der Waals surface area contributed by atoms with Crippen LogP contribution in [-0.2, 0) is 0 Å². The number of hydrogen-bond donors (Lipinski definition) is 2. The van der Waals surface area contributed by atoms with Crippen molar-refractivity contribution in [1.82, 2.24) is 0 Å². The summed E-state index contributed by atoms with van der Waals surface area (Å²) in [5, 5.41) is 19.7. The van der Waals surface area contributed by atoms with Crippen molar-refractivity contribution in [2.75, 3.05) is 5.88 Å². The topological polar surface area (TPSA) is 40.5 Å². The highest BCUT2D eigenvalue weighted by molar-refractivity contribution is 6.17.